The predicted molar refractivity (Wildman–Crippen MR) is 145 cm³/mol. The average Bonchev–Trinajstić information content (AvgIpc) is 3.52. The summed E-state index contributed by atoms with van der Waals surface area (Å²) in [5, 5.41) is 3.08. The molecule has 1 aromatic carbocycles. The number of nitrogens with one attached hydrogen (secondary N) is 1. The van der Waals surface area contributed by atoms with Crippen molar-refractivity contribution in [2.75, 3.05) is 56.2 Å². The summed E-state index contributed by atoms with van der Waals surface area (Å²) in [6.07, 6.45) is 1.43. The van der Waals surface area contributed by atoms with E-state index >= 15 is 0 Å². The number of halogens is 1. The first-order valence-corrected chi connectivity index (χ1v) is 13.8. The van der Waals surface area contributed by atoms with Crippen LogP contribution in [0.15, 0.2) is 36.4 Å². The molecule has 38 heavy (non-hydrogen) atoms. The third-order valence-corrected chi connectivity index (χ3v) is 7.59. The summed E-state index contributed by atoms with van der Waals surface area (Å²) < 4.78 is 11.2. The highest BCUT2D eigenvalue weighted by atomic mass is 35.5. The molecule has 1 aromatic heterocycles. The number of benzene rings is 1. The first-order valence-electron chi connectivity index (χ1n) is 12.6. The molecule has 0 unspecified atom stereocenters. The summed E-state index contributed by atoms with van der Waals surface area (Å²) in [5.74, 6) is -0.873. The minimum Gasteiger partial charge on any atom is -0.442 e. The molecule has 0 spiro atoms. The van der Waals surface area contributed by atoms with Gasteiger partial charge in [-0.2, -0.15) is 0 Å². The van der Waals surface area contributed by atoms with E-state index in [2.05, 4.69) is 5.32 Å². The van der Waals surface area contributed by atoms with Crippen LogP contribution in [-0.4, -0.2) is 81.3 Å². The molecule has 2 aliphatic rings. The van der Waals surface area contributed by atoms with Gasteiger partial charge in [-0.25, -0.2) is 4.79 Å². The molecule has 4 rings (SSSR count). The highest BCUT2D eigenvalue weighted by Crippen LogP contribution is 2.27. The van der Waals surface area contributed by atoms with Gasteiger partial charge in [-0.05, 0) is 62.8 Å². The maximum absolute atomic E-state index is 13.2. The summed E-state index contributed by atoms with van der Waals surface area (Å²) in [6, 6.07) is 10.2. The standard InChI is InChI=1S/C26H31ClN4O6S/c1-28-12-4-2-3-5-23(32)31(25(34)21-10-11-22(27)38-21)16-20-15-30(26(35)37-20)19-8-6-18(7-9-19)29-13-14-36-17-24(29)33/h6-11,20,28H,2-5,12-17H2,1H3/t20-/m1/s1. The number of unbranched alkanes of at least 4 members (excludes halogenated alkanes) is 2. The molecular formula is C26H31ClN4O6S. The van der Waals surface area contributed by atoms with Gasteiger partial charge in [0.05, 0.1) is 28.9 Å². The minimum absolute atomic E-state index is 0.0451. The van der Waals surface area contributed by atoms with Crippen LogP contribution in [0.5, 0.6) is 0 Å². The molecule has 2 aromatic rings. The van der Waals surface area contributed by atoms with E-state index in [9.17, 15) is 19.2 Å². The molecule has 0 saturated carbocycles. The number of nitrogens with zero attached hydrogens (tertiary/aromatic N) is 3. The lowest BCUT2D eigenvalue weighted by Crippen LogP contribution is -2.43. The number of carbonyl (C=O) groups excluding carboxylic acids is 4. The van der Waals surface area contributed by atoms with Gasteiger partial charge in [-0.15, -0.1) is 11.3 Å². The Morgan fingerprint density at radius 3 is 2.47 bits per heavy atom. The van der Waals surface area contributed by atoms with Crippen molar-refractivity contribution in [1.82, 2.24) is 10.2 Å². The number of imide groups is 1. The van der Waals surface area contributed by atoms with Crippen LogP contribution >= 0.6 is 22.9 Å². The number of rotatable bonds is 11. The summed E-state index contributed by atoms with van der Waals surface area (Å²) in [6.45, 7) is 1.97. The van der Waals surface area contributed by atoms with Crippen molar-refractivity contribution >= 4 is 58.1 Å². The second kappa shape index (κ2) is 13.2. The fourth-order valence-electron chi connectivity index (χ4n) is 4.38. The zero-order chi connectivity index (χ0) is 27.1. The number of carbonyl (C=O) groups is 4. The molecule has 3 heterocycles. The van der Waals surface area contributed by atoms with Gasteiger partial charge in [0.1, 0.15) is 12.7 Å². The Morgan fingerprint density at radius 2 is 1.82 bits per heavy atom. The number of anilines is 2. The average molecular weight is 563 g/mol. The fraction of sp³-hybridized carbons (Fsp3) is 0.462. The number of hydrogen-bond acceptors (Lipinski definition) is 8. The monoisotopic (exact) mass is 562 g/mol. The maximum Gasteiger partial charge on any atom is 0.414 e. The van der Waals surface area contributed by atoms with E-state index in [4.69, 9.17) is 21.1 Å². The first kappa shape index (κ1) is 28.0. The van der Waals surface area contributed by atoms with Crippen molar-refractivity contribution in [3.8, 4) is 0 Å². The van der Waals surface area contributed by atoms with E-state index in [1.807, 2.05) is 7.05 Å². The second-order valence-electron chi connectivity index (χ2n) is 9.06. The number of ether oxygens (including phenoxy) is 2. The van der Waals surface area contributed by atoms with E-state index in [-0.39, 0.29) is 37.9 Å². The topological polar surface area (TPSA) is 108 Å². The van der Waals surface area contributed by atoms with E-state index in [0.29, 0.717) is 34.5 Å². The largest absolute Gasteiger partial charge is 0.442 e. The van der Waals surface area contributed by atoms with Gasteiger partial charge in [-0.1, -0.05) is 18.0 Å². The molecular weight excluding hydrogens is 532 g/mol. The van der Waals surface area contributed by atoms with Crippen LogP contribution in [0, 0.1) is 0 Å². The number of amides is 4. The Kier molecular flexibility index (Phi) is 9.73. The Labute approximate surface area is 230 Å². The van der Waals surface area contributed by atoms with Crippen molar-refractivity contribution in [1.29, 1.82) is 0 Å². The van der Waals surface area contributed by atoms with Crippen molar-refractivity contribution in [2.45, 2.75) is 31.8 Å². The van der Waals surface area contributed by atoms with Crippen LogP contribution in [-0.2, 0) is 19.1 Å². The summed E-state index contributed by atoms with van der Waals surface area (Å²) in [4.78, 5) is 55.8. The van der Waals surface area contributed by atoms with E-state index < -0.39 is 18.1 Å². The van der Waals surface area contributed by atoms with Gasteiger partial charge in [0.15, 0.2) is 0 Å². The maximum atomic E-state index is 13.2. The molecule has 2 fully saturated rings. The van der Waals surface area contributed by atoms with Gasteiger partial charge in [0.2, 0.25) is 5.91 Å². The first-order chi connectivity index (χ1) is 18.4. The molecule has 1 N–H and O–H groups in total. The van der Waals surface area contributed by atoms with Crippen molar-refractivity contribution in [3.05, 3.63) is 45.6 Å². The molecule has 0 radical (unpaired) electrons. The molecule has 12 heteroatoms. The van der Waals surface area contributed by atoms with Crippen LogP contribution in [0.4, 0.5) is 16.2 Å². The van der Waals surface area contributed by atoms with Gasteiger partial charge in [0.25, 0.3) is 11.8 Å². The minimum atomic E-state index is -0.685. The third-order valence-electron chi connectivity index (χ3n) is 6.37. The molecule has 0 aliphatic carbocycles. The smallest absolute Gasteiger partial charge is 0.414 e. The SMILES string of the molecule is CNCCCCCC(=O)N(C[C@H]1CN(c2ccc(N3CCOCC3=O)cc2)C(=O)O1)C(=O)c1ccc(Cl)s1. The molecule has 4 amide bonds. The Bertz CT molecular complexity index is 1160. The van der Waals surface area contributed by atoms with Crippen LogP contribution in [0.1, 0.15) is 35.4 Å². The number of morpholine rings is 1. The quantitative estimate of drug-likeness (QED) is 0.417. The Hall–Kier alpha value is -2.99. The number of hydrogen-bond donors (Lipinski definition) is 1. The lowest BCUT2D eigenvalue weighted by molar-refractivity contribution is -0.129. The highest BCUT2D eigenvalue weighted by molar-refractivity contribution is 7.18. The lowest BCUT2D eigenvalue weighted by atomic mass is 10.1. The molecule has 204 valence electrons. The predicted octanol–water partition coefficient (Wildman–Crippen LogP) is 3.54. The van der Waals surface area contributed by atoms with E-state index in [1.165, 1.54) is 9.80 Å². The van der Waals surface area contributed by atoms with Crippen LogP contribution in [0.25, 0.3) is 0 Å². The molecule has 0 bridgehead atoms. The molecule has 2 aliphatic heterocycles. The Balaban J connectivity index is 1.42. The molecule has 10 nitrogen and oxygen atoms in total. The molecule has 1 atom stereocenters. The van der Waals surface area contributed by atoms with E-state index in [1.54, 1.807) is 41.3 Å². The second-order valence-corrected chi connectivity index (χ2v) is 10.8. The zero-order valence-corrected chi connectivity index (χ0v) is 22.8. The number of cyclic esters (lactones) is 1. The van der Waals surface area contributed by atoms with Crippen molar-refractivity contribution < 1.29 is 28.7 Å². The summed E-state index contributed by atoms with van der Waals surface area (Å²) >= 11 is 7.12. The Morgan fingerprint density at radius 1 is 1.08 bits per heavy atom. The zero-order valence-electron chi connectivity index (χ0n) is 21.2. The van der Waals surface area contributed by atoms with Crippen LogP contribution in [0.2, 0.25) is 4.34 Å². The summed E-state index contributed by atoms with van der Waals surface area (Å²) in [7, 11) is 1.88. The third kappa shape index (κ3) is 6.90. The summed E-state index contributed by atoms with van der Waals surface area (Å²) in [5.41, 5.74) is 1.32. The van der Waals surface area contributed by atoms with Gasteiger partial charge in [-0.3, -0.25) is 24.2 Å². The van der Waals surface area contributed by atoms with Crippen LogP contribution < -0.4 is 15.1 Å². The van der Waals surface area contributed by atoms with Gasteiger partial charge >= 0.3 is 6.09 Å². The van der Waals surface area contributed by atoms with Crippen molar-refractivity contribution in [3.63, 3.8) is 0 Å². The molecule has 2 saturated heterocycles. The van der Waals surface area contributed by atoms with Crippen LogP contribution in [0.3, 0.4) is 0 Å². The van der Waals surface area contributed by atoms with Gasteiger partial charge < -0.3 is 19.7 Å². The number of thiophene rings is 1. The highest BCUT2D eigenvalue weighted by Gasteiger charge is 2.36. The van der Waals surface area contributed by atoms with Gasteiger partial charge in [0, 0.05) is 24.3 Å². The van der Waals surface area contributed by atoms with Crippen molar-refractivity contribution in [2.24, 2.45) is 0 Å². The fourth-order valence-corrected chi connectivity index (χ4v) is 5.38. The lowest BCUT2D eigenvalue weighted by Gasteiger charge is -2.27. The normalized spacial score (nSPS) is 17.6. The van der Waals surface area contributed by atoms with E-state index in [0.717, 1.165) is 36.4 Å².